The Hall–Kier alpha value is -0.930. The fourth-order valence-corrected chi connectivity index (χ4v) is 9.77. The molecule has 0 radical (unpaired) electrons. The quantitative estimate of drug-likeness (QED) is 0.473. The predicted molar refractivity (Wildman–Crippen MR) is 128 cm³/mol. The molecular weight excluding hydrogens is 394 g/mol. The van der Waals surface area contributed by atoms with Crippen molar-refractivity contribution in [2.75, 3.05) is 6.54 Å². The number of ether oxygens (including phenoxy) is 1. The SMILES string of the molecule is CC1=C2C[C@H]3C(CCC4=CC(=O)CC[C@@]43C)[C@@H]2CC[C@@]2(C1)OC1(C)C[C@H](C)CN[C@H]1[C@H]2C. The molecule has 0 amide bonds. The van der Waals surface area contributed by atoms with Crippen molar-refractivity contribution in [3.63, 3.8) is 0 Å². The Morgan fingerprint density at radius 2 is 1.94 bits per heavy atom. The molecule has 4 aliphatic carbocycles. The average molecular weight is 438 g/mol. The van der Waals surface area contributed by atoms with Crippen LogP contribution >= 0.6 is 0 Å². The second-order valence-corrected chi connectivity index (χ2v) is 13.2. The van der Waals surface area contributed by atoms with Crippen LogP contribution in [0.4, 0.5) is 0 Å². The zero-order valence-corrected chi connectivity index (χ0v) is 20.9. The Balaban J connectivity index is 1.31. The van der Waals surface area contributed by atoms with Crippen molar-refractivity contribution in [1.82, 2.24) is 5.32 Å². The lowest BCUT2D eigenvalue weighted by Gasteiger charge is -2.48. The fraction of sp³-hybridized carbons (Fsp3) is 0.828. The largest absolute Gasteiger partial charge is 0.367 e. The van der Waals surface area contributed by atoms with Gasteiger partial charge in [-0.25, -0.2) is 0 Å². The van der Waals surface area contributed by atoms with Crippen LogP contribution in [0, 0.1) is 35.0 Å². The minimum Gasteiger partial charge on any atom is -0.367 e. The summed E-state index contributed by atoms with van der Waals surface area (Å²) in [5, 5.41) is 3.89. The summed E-state index contributed by atoms with van der Waals surface area (Å²) >= 11 is 0. The zero-order valence-electron chi connectivity index (χ0n) is 20.9. The van der Waals surface area contributed by atoms with E-state index in [0.717, 1.165) is 50.0 Å². The number of hydrogen-bond acceptors (Lipinski definition) is 3. The Kier molecular flexibility index (Phi) is 4.75. The lowest BCUT2D eigenvalue weighted by molar-refractivity contribution is -0.124. The van der Waals surface area contributed by atoms with Crippen LogP contribution in [0.15, 0.2) is 22.8 Å². The van der Waals surface area contributed by atoms with E-state index in [9.17, 15) is 4.79 Å². The van der Waals surface area contributed by atoms with Crippen molar-refractivity contribution in [1.29, 1.82) is 0 Å². The molecule has 4 fully saturated rings. The number of nitrogens with one attached hydrogen (secondary N) is 1. The van der Waals surface area contributed by atoms with Crippen LogP contribution in [0.5, 0.6) is 0 Å². The van der Waals surface area contributed by atoms with E-state index in [4.69, 9.17) is 4.74 Å². The summed E-state index contributed by atoms with van der Waals surface area (Å²) in [6, 6.07) is 0.489. The summed E-state index contributed by atoms with van der Waals surface area (Å²) in [6.45, 7) is 13.3. The highest BCUT2D eigenvalue weighted by atomic mass is 16.5. The third-order valence-electron chi connectivity index (χ3n) is 11.3. The monoisotopic (exact) mass is 437 g/mol. The van der Waals surface area contributed by atoms with Crippen LogP contribution in [-0.2, 0) is 9.53 Å². The maximum absolute atomic E-state index is 12.1. The molecule has 0 aromatic carbocycles. The van der Waals surface area contributed by atoms with E-state index in [1.54, 1.807) is 11.1 Å². The lowest BCUT2D eigenvalue weighted by Crippen LogP contribution is -2.55. The summed E-state index contributed by atoms with van der Waals surface area (Å²) in [5.74, 6) is 3.91. The van der Waals surface area contributed by atoms with Crippen LogP contribution in [-0.4, -0.2) is 29.6 Å². The molecule has 1 N–H and O–H groups in total. The molecule has 0 aromatic heterocycles. The van der Waals surface area contributed by atoms with Crippen LogP contribution < -0.4 is 5.32 Å². The van der Waals surface area contributed by atoms with Gasteiger partial charge in [-0.15, -0.1) is 0 Å². The molecule has 32 heavy (non-hydrogen) atoms. The molecule has 6 aliphatic rings. The minimum atomic E-state index is -0.0172. The van der Waals surface area contributed by atoms with Gasteiger partial charge in [0, 0.05) is 18.4 Å². The maximum Gasteiger partial charge on any atom is 0.155 e. The second kappa shape index (κ2) is 7.04. The molecule has 2 saturated carbocycles. The van der Waals surface area contributed by atoms with Crippen molar-refractivity contribution >= 4 is 5.78 Å². The van der Waals surface area contributed by atoms with E-state index in [1.807, 2.05) is 6.08 Å². The molecule has 2 heterocycles. The van der Waals surface area contributed by atoms with E-state index in [-0.39, 0.29) is 16.6 Å². The van der Waals surface area contributed by atoms with Gasteiger partial charge >= 0.3 is 0 Å². The molecule has 2 aliphatic heterocycles. The fourth-order valence-electron chi connectivity index (χ4n) is 9.77. The molecule has 6 rings (SSSR count). The van der Waals surface area contributed by atoms with Gasteiger partial charge in [0.05, 0.1) is 11.2 Å². The highest BCUT2D eigenvalue weighted by molar-refractivity contribution is 5.91. The zero-order chi connectivity index (χ0) is 22.5. The van der Waals surface area contributed by atoms with Crippen LogP contribution in [0.2, 0.25) is 0 Å². The Bertz CT molecular complexity index is 903. The maximum atomic E-state index is 12.1. The molecule has 1 spiro atoms. The van der Waals surface area contributed by atoms with Gasteiger partial charge in [0.2, 0.25) is 0 Å². The van der Waals surface area contributed by atoms with Crippen LogP contribution in [0.3, 0.4) is 0 Å². The summed E-state index contributed by atoms with van der Waals surface area (Å²) in [4.78, 5) is 12.1. The Labute approximate surface area is 194 Å². The first-order chi connectivity index (χ1) is 15.2. The van der Waals surface area contributed by atoms with Gasteiger partial charge in [-0.3, -0.25) is 4.79 Å². The van der Waals surface area contributed by atoms with Gasteiger partial charge in [0.1, 0.15) is 0 Å². The molecule has 0 aromatic rings. The topological polar surface area (TPSA) is 38.3 Å². The van der Waals surface area contributed by atoms with E-state index >= 15 is 0 Å². The van der Waals surface area contributed by atoms with Crippen LogP contribution in [0.1, 0.15) is 92.4 Å². The first-order valence-electron chi connectivity index (χ1n) is 13.5. The van der Waals surface area contributed by atoms with Gasteiger partial charge in [0.25, 0.3) is 0 Å². The number of ketones is 1. The van der Waals surface area contributed by atoms with Gasteiger partial charge in [-0.05, 0) is 107 Å². The lowest BCUT2D eigenvalue weighted by atomic mass is 9.56. The Morgan fingerprint density at radius 1 is 1.12 bits per heavy atom. The summed E-state index contributed by atoms with van der Waals surface area (Å²) < 4.78 is 7.19. The Morgan fingerprint density at radius 3 is 2.75 bits per heavy atom. The van der Waals surface area contributed by atoms with Crippen molar-refractivity contribution in [2.45, 2.75) is 110 Å². The minimum absolute atomic E-state index is 0.00822. The molecule has 3 heteroatoms. The first-order valence-corrected chi connectivity index (χ1v) is 13.5. The normalized spacial score (nSPS) is 52.8. The summed E-state index contributed by atoms with van der Waals surface area (Å²) in [6.07, 6.45) is 12.4. The number of hydrogen-bond donors (Lipinski definition) is 1. The molecule has 9 atom stereocenters. The molecule has 2 unspecified atom stereocenters. The van der Waals surface area contributed by atoms with Crippen molar-refractivity contribution < 1.29 is 9.53 Å². The highest BCUT2D eigenvalue weighted by Crippen LogP contribution is 2.64. The standard InChI is InChI=1S/C29H43NO2/c1-17-14-28(5)26(30-16-17)19(3)29(32-28)11-9-22-23-7-6-20-12-21(31)8-10-27(20,4)25(23)13-24(22)18(2)15-29/h12,17,19,22-23,25-26,30H,6-11,13-16H2,1-5H3/t17-,19+,22-,23?,25-,26-,27-,28?,29-/m0/s1. The number of rotatable bonds is 0. The van der Waals surface area contributed by atoms with Crippen LogP contribution in [0.25, 0.3) is 0 Å². The molecule has 176 valence electrons. The smallest absolute Gasteiger partial charge is 0.155 e. The summed E-state index contributed by atoms with van der Waals surface area (Å²) in [7, 11) is 0. The van der Waals surface area contributed by atoms with Gasteiger partial charge in [-0.1, -0.05) is 37.5 Å². The number of carbonyl (C=O) groups excluding carboxylic acids is 1. The number of carbonyl (C=O) groups is 1. The third kappa shape index (κ3) is 2.89. The highest BCUT2D eigenvalue weighted by Gasteiger charge is 2.61. The number of fused-ring (bicyclic) bond motifs is 6. The molecule has 2 saturated heterocycles. The first kappa shape index (κ1) is 21.6. The molecule has 3 nitrogen and oxygen atoms in total. The van der Waals surface area contributed by atoms with Crippen molar-refractivity contribution in [2.24, 2.45) is 35.0 Å². The van der Waals surface area contributed by atoms with Gasteiger partial charge in [0.15, 0.2) is 5.78 Å². The second-order valence-electron chi connectivity index (χ2n) is 13.2. The van der Waals surface area contributed by atoms with E-state index < -0.39 is 0 Å². The summed E-state index contributed by atoms with van der Waals surface area (Å²) in [5.41, 5.74) is 5.16. The van der Waals surface area contributed by atoms with E-state index in [2.05, 4.69) is 39.9 Å². The molecule has 0 bridgehead atoms. The van der Waals surface area contributed by atoms with Gasteiger partial charge < -0.3 is 10.1 Å². The number of allylic oxidation sites excluding steroid dienone is 3. The van der Waals surface area contributed by atoms with Crippen molar-refractivity contribution in [3.8, 4) is 0 Å². The third-order valence-corrected chi connectivity index (χ3v) is 11.3. The van der Waals surface area contributed by atoms with E-state index in [1.165, 1.54) is 37.7 Å². The van der Waals surface area contributed by atoms with Gasteiger partial charge in [-0.2, -0.15) is 0 Å². The predicted octanol–water partition coefficient (Wildman–Crippen LogP) is 5.99. The average Bonchev–Trinajstić information content (AvgIpc) is 3.16. The van der Waals surface area contributed by atoms with E-state index in [0.29, 0.717) is 23.7 Å². The van der Waals surface area contributed by atoms with Crippen molar-refractivity contribution in [3.05, 3.63) is 22.8 Å². The molecular formula is C29H43NO2. The number of piperidine rings is 1.